The maximum Gasteiger partial charge on any atom is 0.264 e. The van der Waals surface area contributed by atoms with Crippen LogP contribution in [0.25, 0.3) is 33.8 Å². The molecule has 1 unspecified atom stereocenters. The van der Waals surface area contributed by atoms with Crippen LogP contribution >= 0.6 is 0 Å². The first-order chi connectivity index (χ1) is 25.5. The third-order valence-corrected chi connectivity index (χ3v) is 14.2. The molecule has 2 amide bonds. The molecule has 1 aliphatic carbocycles. The van der Waals surface area contributed by atoms with Crippen molar-refractivity contribution in [3.8, 4) is 17.0 Å². The van der Waals surface area contributed by atoms with Crippen molar-refractivity contribution in [1.29, 1.82) is 0 Å². The molecule has 53 heavy (non-hydrogen) atoms. The average molecular weight is 739 g/mol. The smallest absolute Gasteiger partial charge is 0.264 e. The number of fused-ring (bicyclic) bond motifs is 7. The van der Waals surface area contributed by atoms with E-state index in [0.717, 1.165) is 96.5 Å². The third-order valence-electron chi connectivity index (χ3n) is 12.4. The molecule has 2 aromatic carbocycles. The number of amides is 2. The Morgan fingerprint density at radius 2 is 1.81 bits per heavy atom. The van der Waals surface area contributed by atoms with E-state index in [2.05, 4.69) is 44.4 Å². The van der Waals surface area contributed by atoms with Gasteiger partial charge in [0.2, 0.25) is 10.0 Å². The molecule has 3 aliphatic heterocycles. The van der Waals surface area contributed by atoms with Crippen LogP contribution in [-0.2, 0) is 23.6 Å². The number of rotatable bonds is 9. The highest BCUT2D eigenvalue weighted by atomic mass is 32.2. The number of allylic oxidation sites excluding steroid dienone is 1. The number of nitrogens with zero attached hydrogens (tertiary/aromatic N) is 5. The topological polar surface area (TPSA) is 119 Å². The number of aryl methyl sites for hydroxylation is 1. The lowest BCUT2D eigenvalue weighted by Crippen LogP contribution is -2.48. The van der Waals surface area contributed by atoms with Crippen molar-refractivity contribution >= 4 is 44.4 Å². The summed E-state index contributed by atoms with van der Waals surface area (Å²) < 4.78 is 38.1. The number of nitrogens with one attached hydrogen (secondary N) is 1. The number of hydrogen-bond acceptors (Lipinski definition) is 7. The summed E-state index contributed by atoms with van der Waals surface area (Å²) in [5.41, 5.74) is 7.79. The summed E-state index contributed by atoms with van der Waals surface area (Å²) >= 11 is 0. The molecule has 4 aromatic rings. The monoisotopic (exact) mass is 738 g/mol. The van der Waals surface area contributed by atoms with Gasteiger partial charge in [0.1, 0.15) is 5.75 Å². The van der Waals surface area contributed by atoms with Gasteiger partial charge in [0.15, 0.2) is 0 Å². The highest BCUT2D eigenvalue weighted by molar-refractivity contribution is 7.90. The van der Waals surface area contributed by atoms with E-state index in [1.54, 1.807) is 33.2 Å². The Hall–Kier alpha value is -4.42. The van der Waals surface area contributed by atoms with Gasteiger partial charge in [0, 0.05) is 54.3 Å². The maximum atomic E-state index is 14.4. The zero-order valence-corrected chi connectivity index (χ0v) is 32.2. The molecule has 3 atom stereocenters. The van der Waals surface area contributed by atoms with Crippen molar-refractivity contribution in [2.24, 2.45) is 7.05 Å². The first kappa shape index (κ1) is 35.6. The summed E-state index contributed by atoms with van der Waals surface area (Å²) in [6, 6.07) is 12.3. The van der Waals surface area contributed by atoms with Crippen molar-refractivity contribution in [3.63, 3.8) is 0 Å². The predicted octanol–water partition coefficient (Wildman–Crippen LogP) is 6.43. The van der Waals surface area contributed by atoms with Crippen molar-refractivity contribution in [3.05, 3.63) is 70.5 Å². The van der Waals surface area contributed by atoms with E-state index in [1.807, 2.05) is 34.8 Å². The Morgan fingerprint density at radius 3 is 2.51 bits per heavy atom. The molecule has 0 radical (unpaired) electrons. The minimum Gasteiger partial charge on any atom is -0.497 e. The largest absolute Gasteiger partial charge is 0.497 e. The first-order valence-electron chi connectivity index (χ1n) is 19.2. The number of benzene rings is 2. The number of methoxy groups -OCH3 is 1. The number of aromatic nitrogens is 3. The van der Waals surface area contributed by atoms with Crippen molar-refractivity contribution < 1.29 is 22.7 Å². The van der Waals surface area contributed by atoms with E-state index in [0.29, 0.717) is 30.5 Å². The molecule has 11 nitrogen and oxygen atoms in total. The second-order valence-corrected chi connectivity index (χ2v) is 17.5. The van der Waals surface area contributed by atoms with Crippen LogP contribution in [0.5, 0.6) is 5.75 Å². The lowest BCUT2D eigenvalue weighted by atomic mass is 9.81. The second-order valence-electron chi connectivity index (χ2n) is 15.4. The van der Waals surface area contributed by atoms with Crippen LogP contribution in [0.3, 0.4) is 0 Å². The average Bonchev–Trinajstić information content (AvgIpc) is 3.93. The minimum atomic E-state index is -3.84. The molecule has 2 saturated heterocycles. The standard InChI is InChI=1S/C41H50N6O5S/c1-6-25(3)53(50,51)43-40(48)27-13-15-34-36(19-27)47-22-29(38-35(21-42-44(38)4)41(49)46-24-30-20-31(46)23-45(30)7-2)17-28-18-32(52-5)14-16-33(28)39(47)37(34)26-11-9-8-10-12-26/h13-19,21,25-26,30-31H,6-12,20,22-24H2,1-5H3,(H,43,48)/t25?,30-,31-/m0/s1. The summed E-state index contributed by atoms with van der Waals surface area (Å²) in [7, 11) is -0.280. The lowest BCUT2D eigenvalue weighted by Gasteiger charge is -2.33. The van der Waals surface area contributed by atoms with E-state index >= 15 is 0 Å². The zero-order chi connectivity index (χ0) is 37.2. The fourth-order valence-electron chi connectivity index (χ4n) is 9.35. The third kappa shape index (κ3) is 6.07. The Balaban J connectivity index is 1.29. The summed E-state index contributed by atoms with van der Waals surface area (Å²) in [4.78, 5) is 32.5. The summed E-state index contributed by atoms with van der Waals surface area (Å²) in [5, 5.41) is 5.02. The molecule has 8 rings (SSSR count). The number of carbonyl (C=O) groups is 2. The van der Waals surface area contributed by atoms with E-state index in [4.69, 9.17) is 4.74 Å². The molecule has 1 N–H and O–H groups in total. The van der Waals surface area contributed by atoms with Crippen LogP contribution < -0.4 is 9.46 Å². The van der Waals surface area contributed by atoms with Gasteiger partial charge in [-0.05, 0) is 98.2 Å². The second kappa shape index (κ2) is 13.8. The Kier molecular flexibility index (Phi) is 9.25. The van der Waals surface area contributed by atoms with Crippen molar-refractivity contribution in [1.82, 2.24) is 28.9 Å². The van der Waals surface area contributed by atoms with Crippen LogP contribution in [0, 0.1) is 0 Å². The van der Waals surface area contributed by atoms with E-state index in [9.17, 15) is 18.0 Å². The van der Waals surface area contributed by atoms with Gasteiger partial charge in [-0.1, -0.05) is 39.2 Å². The van der Waals surface area contributed by atoms with Crippen molar-refractivity contribution in [2.45, 2.75) is 95.5 Å². The van der Waals surface area contributed by atoms with Gasteiger partial charge in [-0.3, -0.25) is 19.2 Å². The van der Waals surface area contributed by atoms with Crippen LogP contribution in [-0.4, -0.2) is 88.5 Å². The number of likely N-dealkylation sites (N-methyl/N-ethyl adjacent to an activating group) is 1. The van der Waals surface area contributed by atoms with Crippen LogP contribution in [0.15, 0.2) is 42.6 Å². The molecule has 4 aliphatic rings. The van der Waals surface area contributed by atoms with Crippen LogP contribution in [0.1, 0.15) is 109 Å². The molecule has 2 aromatic heterocycles. The van der Waals surface area contributed by atoms with Gasteiger partial charge < -0.3 is 14.2 Å². The number of piperazine rings is 1. The molecule has 280 valence electrons. The Bertz CT molecular complexity index is 2250. The van der Waals surface area contributed by atoms with Gasteiger partial charge >= 0.3 is 0 Å². The maximum absolute atomic E-state index is 14.4. The van der Waals surface area contributed by atoms with E-state index in [1.165, 1.54) is 12.0 Å². The number of likely N-dealkylation sites (tertiary alicyclic amines) is 2. The van der Waals surface area contributed by atoms with Crippen LogP contribution in [0.2, 0.25) is 0 Å². The number of ether oxygens (including phenoxy) is 1. The summed E-state index contributed by atoms with van der Waals surface area (Å²) in [5.74, 6) is 0.429. The zero-order valence-electron chi connectivity index (χ0n) is 31.4. The molecule has 1 saturated carbocycles. The van der Waals surface area contributed by atoms with Gasteiger partial charge in [0.25, 0.3) is 11.8 Å². The molecule has 3 fully saturated rings. The van der Waals surface area contributed by atoms with Gasteiger partial charge in [-0.25, -0.2) is 13.1 Å². The minimum absolute atomic E-state index is 0.00863. The molecule has 12 heteroatoms. The molecule has 2 bridgehead atoms. The fraction of sp³-hybridized carbons (Fsp3) is 0.488. The van der Waals surface area contributed by atoms with Crippen molar-refractivity contribution in [2.75, 3.05) is 26.7 Å². The highest BCUT2D eigenvalue weighted by Gasteiger charge is 2.45. The fourth-order valence-corrected chi connectivity index (χ4v) is 10.4. The van der Waals surface area contributed by atoms with Gasteiger partial charge in [-0.15, -0.1) is 0 Å². The number of carbonyl (C=O) groups excluding carboxylic acids is 2. The van der Waals surface area contributed by atoms with E-state index in [-0.39, 0.29) is 17.5 Å². The predicted molar refractivity (Wildman–Crippen MR) is 207 cm³/mol. The summed E-state index contributed by atoms with van der Waals surface area (Å²) in [6.07, 6.45) is 10.9. The molecule has 0 spiro atoms. The van der Waals surface area contributed by atoms with Gasteiger partial charge in [-0.2, -0.15) is 5.10 Å². The highest BCUT2D eigenvalue weighted by Crippen LogP contribution is 2.48. The SMILES string of the molecule is CCC(C)S(=O)(=O)NC(=O)c1ccc2c(C3CCCCC3)c3n(c2c1)CC(c1c(C(=O)N2C[C@@H]4C[C@H]2CN4CC)cnn1C)=Cc1cc(OC)ccc1-3. The molecule has 5 heterocycles. The Labute approximate surface area is 312 Å². The lowest BCUT2D eigenvalue weighted by molar-refractivity contribution is 0.0630. The molecular weight excluding hydrogens is 689 g/mol. The quantitative estimate of drug-likeness (QED) is 0.210. The number of hydrogen-bond donors (Lipinski definition) is 1. The van der Waals surface area contributed by atoms with E-state index < -0.39 is 21.2 Å². The first-order valence-corrected chi connectivity index (χ1v) is 20.8. The summed E-state index contributed by atoms with van der Waals surface area (Å²) in [6.45, 7) is 8.60. The number of sulfonamides is 1. The van der Waals surface area contributed by atoms with Gasteiger partial charge in [0.05, 0.1) is 42.1 Å². The Morgan fingerprint density at radius 1 is 1.02 bits per heavy atom. The normalized spacial score (nSPS) is 20.9. The van der Waals surface area contributed by atoms with Crippen LogP contribution in [0.4, 0.5) is 0 Å². The molecular formula is C41H50N6O5S.